The number of nitrogens with one attached hydrogen (secondary N) is 3. The number of aromatic nitrogens is 3. The van der Waals surface area contributed by atoms with Crippen LogP contribution in [0, 0.1) is 12.7 Å². The number of nitrogens with zero attached hydrogens (tertiary/aromatic N) is 3. The van der Waals surface area contributed by atoms with Crippen molar-refractivity contribution in [3.8, 4) is 0 Å². The quantitative estimate of drug-likeness (QED) is 0.616. The second-order valence-corrected chi connectivity index (χ2v) is 7.73. The molecule has 0 radical (unpaired) electrons. The maximum absolute atomic E-state index is 14.8. The van der Waals surface area contributed by atoms with Crippen molar-refractivity contribution < 1.29 is 17.6 Å². The van der Waals surface area contributed by atoms with E-state index in [-0.39, 0.29) is 17.7 Å². The van der Waals surface area contributed by atoms with Gasteiger partial charge in [-0.2, -0.15) is 13.5 Å². The van der Waals surface area contributed by atoms with Crippen molar-refractivity contribution in [2.75, 3.05) is 16.2 Å². The summed E-state index contributed by atoms with van der Waals surface area (Å²) in [6.07, 6.45) is 3.15. The number of anilines is 2. The lowest BCUT2D eigenvalue weighted by Crippen LogP contribution is -2.30. The van der Waals surface area contributed by atoms with Gasteiger partial charge in [0.2, 0.25) is 0 Å². The van der Waals surface area contributed by atoms with Gasteiger partial charge in [0.15, 0.2) is 0 Å². The first-order valence-electron chi connectivity index (χ1n) is 7.99. The van der Waals surface area contributed by atoms with E-state index in [1.807, 2.05) is 23.8 Å². The highest BCUT2D eigenvalue weighted by Crippen LogP contribution is 2.33. The number of benzene rings is 1. The number of H-pyrrole nitrogens is 1. The third-order valence-corrected chi connectivity index (χ3v) is 5.57. The van der Waals surface area contributed by atoms with Crippen LogP contribution in [-0.4, -0.2) is 36.1 Å². The number of pyridine rings is 1. The minimum atomic E-state index is -4.13. The largest absolute Gasteiger partial charge is 0.366 e. The Kier molecular flexibility index (Phi) is 3.95. The molecule has 1 aliphatic rings. The van der Waals surface area contributed by atoms with Crippen molar-refractivity contribution in [2.45, 2.75) is 13.5 Å². The standard InChI is InChI=1S/C16H15FN6O3S/c1-9-2-3-18-13(4-9)19-6-10-5-12(17)16(15-11(10)7-20-21-15)23-8-14(24)22-27(23,25)26/h2-5,7H,6,8H2,1H3,(H,18,19)(H,20,21)(H,22,24). The van der Waals surface area contributed by atoms with Gasteiger partial charge in [0, 0.05) is 18.1 Å². The number of rotatable bonds is 4. The number of aryl methyl sites for hydroxylation is 1. The molecule has 0 saturated carbocycles. The number of hydrogen-bond acceptors (Lipinski definition) is 6. The summed E-state index contributed by atoms with van der Waals surface area (Å²) in [6, 6.07) is 4.94. The molecule has 11 heteroatoms. The summed E-state index contributed by atoms with van der Waals surface area (Å²) < 4.78 is 41.5. The molecule has 140 valence electrons. The van der Waals surface area contributed by atoms with Crippen LogP contribution in [0.1, 0.15) is 11.1 Å². The zero-order valence-corrected chi connectivity index (χ0v) is 15.0. The molecule has 1 aliphatic heterocycles. The molecule has 1 amide bonds. The summed E-state index contributed by atoms with van der Waals surface area (Å²) in [6.45, 7) is 1.70. The van der Waals surface area contributed by atoms with Crippen LogP contribution in [-0.2, 0) is 21.5 Å². The van der Waals surface area contributed by atoms with Crippen LogP contribution in [0.2, 0.25) is 0 Å². The van der Waals surface area contributed by atoms with Crippen molar-refractivity contribution in [1.82, 2.24) is 19.9 Å². The molecule has 0 spiro atoms. The maximum atomic E-state index is 14.8. The SMILES string of the molecule is Cc1ccnc(NCc2cc(F)c(N3CC(=O)NS3(=O)=O)c3[nH]ncc23)c1. The zero-order chi connectivity index (χ0) is 19.2. The zero-order valence-electron chi connectivity index (χ0n) is 14.2. The van der Waals surface area contributed by atoms with Gasteiger partial charge in [0.25, 0.3) is 5.91 Å². The Balaban J connectivity index is 1.73. The maximum Gasteiger partial charge on any atom is 0.326 e. The third-order valence-electron chi connectivity index (χ3n) is 4.19. The van der Waals surface area contributed by atoms with Crippen LogP contribution in [0.25, 0.3) is 10.9 Å². The number of carbonyl (C=O) groups excluding carboxylic acids is 1. The van der Waals surface area contributed by atoms with Crippen LogP contribution in [0.5, 0.6) is 0 Å². The van der Waals surface area contributed by atoms with E-state index < -0.39 is 28.5 Å². The van der Waals surface area contributed by atoms with Crippen molar-refractivity contribution >= 4 is 38.5 Å². The Bertz CT molecular complexity index is 1160. The molecule has 3 heterocycles. The highest BCUT2D eigenvalue weighted by molar-refractivity contribution is 7.92. The molecule has 4 rings (SSSR count). The van der Waals surface area contributed by atoms with Gasteiger partial charge in [-0.15, -0.1) is 0 Å². The van der Waals surface area contributed by atoms with E-state index in [0.717, 1.165) is 5.56 Å². The summed E-state index contributed by atoms with van der Waals surface area (Å²) in [4.78, 5) is 15.7. The molecule has 1 aromatic carbocycles. The lowest BCUT2D eigenvalue weighted by Gasteiger charge is -2.17. The first kappa shape index (κ1) is 17.2. The Morgan fingerprint density at radius 3 is 2.89 bits per heavy atom. The van der Waals surface area contributed by atoms with Gasteiger partial charge < -0.3 is 5.32 Å². The van der Waals surface area contributed by atoms with E-state index in [0.29, 0.717) is 21.1 Å². The van der Waals surface area contributed by atoms with Gasteiger partial charge in [-0.1, -0.05) is 0 Å². The highest BCUT2D eigenvalue weighted by Gasteiger charge is 2.37. The van der Waals surface area contributed by atoms with Gasteiger partial charge in [0.1, 0.15) is 23.9 Å². The Labute approximate surface area is 153 Å². The first-order chi connectivity index (χ1) is 12.8. The lowest BCUT2D eigenvalue weighted by atomic mass is 10.1. The molecule has 27 heavy (non-hydrogen) atoms. The fraction of sp³-hybridized carbons (Fsp3) is 0.188. The summed E-state index contributed by atoms with van der Waals surface area (Å²) >= 11 is 0. The van der Waals surface area contributed by atoms with Crippen molar-refractivity contribution in [2.24, 2.45) is 0 Å². The molecule has 0 aliphatic carbocycles. The van der Waals surface area contributed by atoms with Crippen molar-refractivity contribution in [3.63, 3.8) is 0 Å². The van der Waals surface area contributed by atoms with Gasteiger partial charge >= 0.3 is 10.2 Å². The molecule has 9 nitrogen and oxygen atoms in total. The monoisotopic (exact) mass is 390 g/mol. The van der Waals surface area contributed by atoms with Crippen LogP contribution >= 0.6 is 0 Å². The average Bonchev–Trinajstić information content (AvgIpc) is 3.17. The van der Waals surface area contributed by atoms with E-state index in [1.165, 1.54) is 12.3 Å². The predicted molar refractivity (Wildman–Crippen MR) is 96.8 cm³/mol. The smallest absolute Gasteiger partial charge is 0.326 e. The van der Waals surface area contributed by atoms with E-state index in [1.54, 1.807) is 6.20 Å². The summed E-state index contributed by atoms with van der Waals surface area (Å²) in [5.41, 5.74) is 1.56. The van der Waals surface area contributed by atoms with Crippen molar-refractivity contribution in [1.29, 1.82) is 0 Å². The van der Waals surface area contributed by atoms with E-state index >= 15 is 0 Å². The van der Waals surface area contributed by atoms with Gasteiger partial charge in [-0.3, -0.25) is 9.89 Å². The summed E-state index contributed by atoms with van der Waals surface area (Å²) in [5.74, 6) is -0.868. The first-order valence-corrected chi connectivity index (χ1v) is 9.43. The minimum Gasteiger partial charge on any atom is -0.366 e. The number of hydrogen-bond donors (Lipinski definition) is 3. The van der Waals surface area contributed by atoms with Crippen molar-refractivity contribution in [3.05, 3.63) is 47.5 Å². The Hall–Kier alpha value is -3.21. The second-order valence-electron chi connectivity index (χ2n) is 6.13. The second kappa shape index (κ2) is 6.20. The molecular weight excluding hydrogens is 375 g/mol. The van der Waals surface area contributed by atoms with Crippen LogP contribution in [0.3, 0.4) is 0 Å². The molecule has 0 unspecified atom stereocenters. The van der Waals surface area contributed by atoms with E-state index in [4.69, 9.17) is 0 Å². The molecule has 1 saturated heterocycles. The molecule has 3 N–H and O–H groups in total. The van der Waals surface area contributed by atoms with Gasteiger partial charge in [0.05, 0.1) is 11.7 Å². The fourth-order valence-corrected chi connectivity index (χ4v) is 4.15. The summed E-state index contributed by atoms with van der Waals surface area (Å²) in [5, 5.41) is 10.2. The fourth-order valence-electron chi connectivity index (χ4n) is 2.98. The van der Waals surface area contributed by atoms with E-state index in [9.17, 15) is 17.6 Å². The predicted octanol–water partition coefficient (Wildman–Crippen LogP) is 1.20. The third kappa shape index (κ3) is 3.05. The lowest BCUT2D eigenvalue weighted by molar-refractivity contribution is -0.117. The number of aromatic amines is 1. The number of amides is 1. The van der Waals surface area contributed by atoms with Crippen LogP contribution < -0.4 is 14.3 Å². The van der Waals surface area contributed by atoms with Gasteiger partial charge in [-0.05, 0) is 36.2 Å². The molecule has 3 aromatic rings. The van der Waals surface area contributed by atoms with Gasteiger partial charge in [-0.25, -0.2) is 18.4 Å². The Morgan fingerprint density at radius 2 is 2.19 bits per heavy atom. The Morgan fingerprint density at radius 1 is 1.37 bits per heavy atom. The minimum absolute atomic E-state index is 0.198. The average molecular weight is 390 g/mol. The van der Waals surface area contributed by atoms with Crippen LogP contribution in [0.4, 0.5) is 15.9 Å². The molecule has 1 fully saturated rings. The number of fused-ring (bicyclic) bond motifs is 1. The highest BCUT2D eigenvalue weighted by atomic mass is 32.2. The molecule has 2 aromatic heterocycles. The molecule has 0 atom stereocenters. The molecule has 0 bridgehead atoms. The van der Waals surface area contributed by atoms with E-state index in [2.05, 4.69) is 20.5 Å². The summed E-state index contributed by atoms with van der Waals surface area (Å²) in [7, 11) is -4.13. The topological polar surface area (TPSA) is 120 Å². The number of halogens is 1. The molecular formula is C16H15FN6O3S. The normalized spacial score (nSPS) is 15.9. The number of carbonyl (C=O) groups is 1. The van der Waals surface area contributed by atoms with Crippen LogP contribution in [0.15, 0.2) is 30.6 Å².